The van der Waals surface area contributed by atoms with Gasteiger partial charge in [-0.15, -0.1) is 0 Å². The summed E-state index contributed by atoms with van der Waals surface area (Å²) in [6.45, 7) is 1.93. The Hall–Kier alpha value is -1.35. The van der Waals surface area contributed by atoms with Crippen molar-refractivity contribution < 1.29 is 4.74 Å². The van der Waals surface area contributed by atoms with Crippen LogP contribution in [0.3, 0.4) is 0 Å². The predicted octanol–water partition coefficient (Wildman–Crippen LogP) is 2.77. The van der Waals surface area contributed by atoms with E-state index >= 15 is 0 Å². The van der Waals surface area contributed by atoms with E-state index in [-0.39, 0.29) is 0 Å². The van der Waals surface area contributed by atoms with Gasteiger partial charge < -0.3 is 10.1 Å². The first-order valence-corrected chi connectivity index (χ1v) is 4.46. The number of ether oxygens (including phenoxy) is 1. The van der Waals surface area contributed by atoms with Crippen molar-refractivity contribution in [2.45, 2.75) is 6.92 Å². The molecule has 0 aliphatic carbocycles. The second-order valence-corrected chi connectivity index (χ2v) is 3.08. The number of para-hydroxylation sites is 1. The van der Waals surface area contributed by atoms with Gasteiger partial charge in [-0.25, -0.2) is 0 Å². The van der Waals surface area contributed by atoms with Crippen molar-refractivity contribution >= 4 is 28.8 Å². The molecule has 2 rings (SSSR count). The maximum atomic E-state index is 5.34. The number of thiocarbonyl (C=S) groups is 1. The largest absolute Gasteiger partial charge is 0.431 e. The summed E-state index contributed by atoms with van der Waals surface area (Å²) in [5, 5.41) is 3.40. The van der Waals surface area contributed by atoms with Crippen LogP contribution in [0.2, 0.25) is 0 Å². The van der Waals surface area contributed by atoms with Crippen molar-refractivity contribution in [3.63, 3.8) is 0 Å². The topological polar surface area (TPSA) is 21.3 Å². The number of rotatable bonds is 0. The van der Waals surface area contributed by atoms with E-state index < -0.39 is 0 Å². The zero-order valence-corrected chi connectivity index (χ0v) is 8.02. The van der Waals surface area contributed by atoms with Gasteiger partial charge in [0.1, 0.15) is 5.76 Å². The minimum Gasteiger partial charge on any atom is -0.431 e. The second-order valence-electron chi connectivity index (χ2n) is 2.71. The quantitative estimate of drug-likeness (QED) is 0.637. The van der Waals surface area contributed by atoms with Gasteiger partial charge in [-0.1, -0.05) is 12.1 Å². The molecule has 0 aromatic heterocycles. The van der Waals surface area contributed by atoms with Gasteiger partial charge in [-0.2, -0.15) is 0 Å². The van der Waals surface area contributed by atoms with Gasteiger partial charge in [0.05, 0.1) is 5.69 Å². The van der Waals surface area contributed by atoms with Crippen molar-refractivity contribution in [1.82, 2.24) is 0 Å². The Bertz CT molecular complexity index is 384. The number of hydrogen-bond acceptors (Lipinski definition) is 2. The molecule has 0 atom stereocenters. The lowest BCUT2D eigenvalue weighted by atomic mass is 10.1. The molecule has 0 radical (unpaired) electrons. The van der Waals surface area contributed by atoms with Crippen LogP contribution in [0.4, 0.5) is 5.69 Å². The van der Waals surface area contributed by atoms with E-state index in [9.17, 15) is 0 Å². The van der Waals surface area contributed by atoms with Crippen LogP contribution < -0.4 is 5.32 Å². The van der Waals surface area contributed by atoms with Crippen LogP contribution in [-0.2, 0) is 4.74 Å². The minimum atomic E-state index is 0.409. The summed E-state index contributed by atoms with van der Waals surface area (Å²) in [6.07, 6.45) is 1.91. The highest BCUT2D eigenvalue weighted by Gasteiger charge is 2.16. The molecule has 0 amide bonds. The Kier molecular flexibility index (Phi) is 2.02. The average Bonchev–Trinajstić information content (AvgIpc) is 2.16. The van der Waals surface area contributed by atoms with E-state index in [0.29, 0.717) is 5.17 Å². The first-order valence-electron chi connectivity index (χ1n) is 4.06. The van der Waals surface area contributed by atoms with E-state index in [4.69, 9.17) is 17.0 Å². The van der Waals surface area contributed by atoms with Gasteiger partial charge in [-0.05, 0) is 37.4 Å². The van der Waals surface area contributed by atoms with Gasteiger partial charge in [0.25, 0.3) is 5.17 Å². The molecule has 1 aliphatic rings. The SMILES string of the molecule is C/C=C1/OC(=S)Nc2ccccc21. The summed E-state index contributed by atoms with van der Waals surface area (Å²) in [4.78, 5) is 0. The van der Waals surface area contributed by atoms with Crippen LogP contribution >= 0.6 is 12.2 Å². The Morgan fingerprint density at radius 3 is 2.92 bits per heavy atom. The standard InChI is InChI=1S/C10H9NOS/c1-2-9-7-5-3-4-6-8(7)11-10(13)12-9/h2-6H,1H3,(H,11,13)/b9-2+. The van der Waals surface area contributed by atoms with Crippen LogP contribution in [0.15, 0.2) is 30.3 Å². The molecule has 1 aromatic carbocycles. The molecule has 0 fully saturated rings. The molecule has 0 unspecified atom stereocenters. The van der Waals surface area contributed by atoms with Gasteiger partial charge in [0, 0.05) is 5.56 Å². The van der Waals surface area contributed by atoms with Crippen molar-refractivity contribution in [2.75, 3.05) is 5.32 Å². The summed E-state index contributed by atoms with van der Waals surface area (Å²) >= 11 is 4.95. The lowest BCUT2D eigenvalue weighted by molar-refractivity contribution is 0.513. The third kappa shape index (κ3) is 1.42. The zero-order valence-electron chi connectivity index (χ0n) is 7.20. The number of anilines is 1. The Morgan fingerprint density at radius 1 is 1.38 bits per heavy atom. The van der Waals surface area contributed by atoms with Crippen molar-refractivity contribution in [1.29, 1.82) is 0 Å². The molecule has 3 heteroatoms. The Morgan fingerprint density at radius 2 is 2.15 bits per heavy atom. The third-order valence-electron chi connectivity index (χ3n) is 1.89. The van der Waals surface area contributed by atoms with Crippen LogP contribution in [0.1, 0.15) is 12.5 Å². The molecule has 1 aromatic rings. The summed E-state index contributed by atoms with van der Waals surface area (Å²) < 4.78 is 5.34. The Labute approximate surface area is 82.2 Å². The zero-order chi connectivity index (χ0) is 9.26. The van der Waals surface area contributed by atoms with Crippen LogP contribution in [0, 0.1) is 0 Å². The van der Waals surface area contributed by atoms with Gasteiger partial charge in [-0.3, -0.25) is 0 Å². The first-order chi connectivity index (χ1) is 6.31. The predicted molar refractivity (Wildman–Crippen MR) is 57.4 cm³/mol. The first kappa shape index (κ1) is 8.26. The highest BCUT2D eigenvalue weighted by Crippen LogP contribution is 2.29. The van der Waals surface area contributed by atoms with Crippen molar-refractivity contribution in [2.24, 2.45) is 0 Å². The highest BCUT2D eigenvalue weighted by molar-refractivity contribution is 7.80. The second kappa shape index (κ2) is 3.18. The highest BCUT2D eigenvalue weighted by atomic mass is 32.1. The molecular weight excluding hydrogens is 182 g/mol. The number of benzene rings is 1. The van der Waals surface area contributed by atoms with Gasteiger partial charge >= 0.3 is 0 Å². The summed E-state index contributed by atoms with van der Waals surface area (Å²) in [5.41, 5.74) is 2.06. The van der Waals surface area contributed by atoms with E-state index in [0.717, 1.165) is 17.0 Å². The normalized spacial score (nSPS) is 17.6. The fourth-order valence-corrected chi connectivity index (χ4v) is 1.51. The van der Waals surface area contributed by atoms with Crippen molar-refractivity contribution in [3.8, 4) is 0 Å². The molecule has 1 N–H and O–H groups in total. The van der Waals surface area contributed by atoms with E-state index in [2.05, 4.69) is 5.32 Å². The monoisotopic (exact) mass is 191 g/mol. The number of fused-ring (bicyclic) bond motifs is 1. The molecule has 66 valence electrons. The van der Waals surface area contributed by atoms with E-state index in [1.165, 1.54) is 0 Å². The molecule has 1 heterocycles. The third-order valence-corrected chi connectivity index (χ3v) is 2.08. The van der Waals surface area contributed by atoms with Crippen LogP contribution in [-0.4, -0.2) is 5.17 Å². The maximum Gasteiger partial charge on any atom is 0.266 e. The fraction of sp³-hybridized carbons (Fsp3) is 0.100. The van der Waals surface area contributed by atoms with Crippen LogP contribution in [0.5, 0.6) is 0 Å². The summed E-state index contributed by atoms with van der Waals surface area (Å²) in [7, 11) is 0. The van der Waals surface area contributed by atoms with Gasteiger partial charge in [0.2, 0.25) is 0 Å². The molecular formula is C10H9NOS. The van der Waals surface area contributed by atoms with Gasteiger partial charge in [0.15, 0.2) is 0 Å². The number of nitrogens with one attached hydrogen (secondary N) is 1. The van der Waals surface area contributed by atoms with E-state index in [1.54, 1.807) is 0 Å². The Balaban J connectivity index is 2.55. The molecule has 13 heavy (non-hydrogen) atoms. The summed E-state index contributed by atoms with van der Waals surface area (Å²) in [5.74, 6) is 0.819. The lowest BCUT2D eigenvalue weighted by Gasteiger charge is -2.21. The van der Waals surface area contributed by atoms with Crippen LogP contribution in [0.25, 0.3) is 5.76 Å². The molecule has 0 bridgehead atoms. The molecule has 0 spiro atoms. The number of allylic oxidation sites excluding steroid dienone is 1. The smallest absolute Gasteiger partial charge is 0.266 e. The molecule has 2 nitrogen and oxygen atoms in total. The lowest BCUT2D eigenvalue weighted by Crippen LogP contribution is -2.18. The summed E-state index contributed by atoms with van der Waals surface area (Å²) in [6, 6.07) is 7.92. The van der Waals surface area contributed by atoms with E-state index in [1.807, 2.05) is 37.3 Å². The molecule has 1 aliphatic heterocycles. The molecule has 0 saturated carbocycles. The molecule has 0 saturated heterocycles. The fourth-order valence-electron chi connectivity index (χ4n) is 1.31. The van der Waals surface area contributed by atoms with Crippen molar-refractivity contribution in [3.05, 3.63) is 35.9 Å². The minimum absolute atomic E-state index is 0.409. The average molecular weight is 191 g/mol. The maximum absolute atomic E-state index is 5.34. The number of hydrogen-bond donors (Lipinski definition) is 1.